The Morgan fingerprint density at radius 1 is 1.05 bits per heavy atom. The van der Waals surface area contributed by atoms with E-state index in [9.17, 15) is 18.0 Å². The number of anilines is 1. The lowest BCUT2D eigenvalue weighted by atomic mass is 10.0. The predicted molar refractivity (Wildman–Crippen MR) is 65.6 cm³/mol. The normalized spacial score (nSPS) is 10.5. The van der Waals surface area contributed by atoms with Gasteiger partial charge in [-0.3, -0.25) is 4.79 Å². The number of hydrogen-bond donors (Lipinski definition) is 1. The maximum absolute atomic E-state index is 13.5. The quantitative estimate of drug-likeness (QED) is 0.677. The standard InChI is InChI=1S/C13H7ClF3NO/c14-6-4-8(12(18)10(16)5-6)13(19)7-2-1-3-9(15)11(7)17/h1-5H,18H2. The Hall–Kier alpha value is -2.01. The zero-order valence-corrected chi connectivity index (χ0v) is 10.1. The van der Waals surface area contributed by atoms with Crippen molar-refractivity contribution in [2.24, 2.45) is 0 Å². The van der Waals surface area contributed by atoms with Crippen LogP contribution in [0.5, 0.6) is 0 Å². The van der Waals surface area contributed by atoms with Crippen molar-refractivity contribution in [3.05, 3.63) is 63.9 Å². The monoisotopic (exact) mass is 285 g/mol. The summed E-state index contributed by atoms with van der Waals surface area (Å²) in [5.74, 6) is -4.32. The summed E-state index contributed by atoms with van der Waals surface area (Å²) in [6, 6.07) is 5.15. The number of benzene rings is 2. The summed E-state index contributed by atoms with van der Waals surface area (Å²) in [4.78, 5) is 12.0. The van der Waals surface area contributed by atoms with E-state index in [2.05, 4.69) is 0 Å². The fourth-order valence-corrected chi connectivity index (χ4v) is 1.80. The van der Waals surface area contributed by atoms with E-state index >= 15 is 0 Å². The van der Waals surface area contributed by atoms with E-state index in [0.717, 1.165) is 24.3 Å². The lowest BCUT2D eigenvalue weighted by Gasteiger charge is -2.08. The summed E-state index contributed by atoms with van der Waals surface area (Å²) in [6.45, 7) is 0. The molecule has 2 aromatic carbocycles. The second-order valence-corrected chi connectivity index (χ2v) is 4.22. The van der Waals surface area contributed by atoms with Crippen molar-refractivity contribution < 1.29 is 18.0 Å². The van der Waals surface area contributed by atoms with Crippen LogP contribution in [0.3, 0.4) is 0 Å². The molecule has 0 bridgehead atoms. The highest BCUT2D eigenvalue weighted by Crippen LogP contribution is 2.25. The van der Waals surface area contributed by atoms with Crippen molar-refractivity contribution in [3.63, 3.8) is 0 Å². The smallest absolute Gasteiger partial charge is 0.198 e. The van der Waals surface area contributed by atoms with Gasteiger partial charge in [0.2, 0.25) is 0 Å². The molecule has 0 aliphatic carbocycles. The summed E-state index contributed by atoms with van der Waals surface area (Å²) in [7, 11) is 0. The Labute approximate surface area is 111 Å². The number of ketones is 1. The van der Waals surface area contributed by atoms with Gasteiger partial charge in [0.1, 0.15) is 5.82 Å². The van der Waals surface area contributed by atoms with Gasteiger partial charge in [-0.15, -0.1) is 0 Å². The molecule has 0 radical (unpaired) electrons. The molecule has 0 aliphatic rings. The van der Waals surface area contributed by atoms with Gasteiger partial charge in [0.05, 0.1) is 16.8 Å². The summed E-state index contributed by atoms with van der Waals surface area (Å²) in [6.07, 6.45) is 0. The zero-order chi connectivity index (χ0) is 14.2. The first kappa shape index (κ1) is 13.4. The van der Waals surface area contributed by atoms with Crippen molar-refractivity contribution in [1.29, 1.82) is 0 Å². The fraction of sp³-hybridized carbons (Fsp3) is 0. The molecule has 0 aliphatic heterocycles. The van der Waals surface area contributed by atoms with Crippen molar-refractivity contribution in [2.45, 2.75) is 0 Å². The second kappa shape index (κ2) is 4.93. The second-order valence-electron chi connectivity index (χ2n) is 3.78. The highest BCUT2D eigenvalue weighted by molar-refractivity contribution is 6.31. The Morgan fingerprint density at radius 3 is 2.42 bits per heavy atom. The molecule has 6 heteroatoms. The van der Waals surface area contributed by atoms with E-state index in [-0.39, 0.29) is 10.6 Å². The molecule has 0 spiro atoms. The molecule has 0 saturated heterocycles. The summed E-state index contributed by atoms with van der Waals surface area (Å²) in [5, 5.41) is -0.0631. The number of rotatable bonds is 2. The average molecular weight is 286 g/mol. The van der Waals surface area contributed by atoms with Crippen LogP contribution in [0.1, 0.15) is 15.9 Å². The zero-order valence-electron chi connectivity index (χ0n) is 9.38. The van der Waals surface area contributed by atoms with Crippen LogP contribution in [0.2, 0.25) is 5.02 Å². The van der Waals surface area contributed by atoms with Crippen LogP contribution < -0.4 is 5.73 Å². The first-order valence-corrected chi connectivity index (χ1v) is 5.53. The molecule has 0 unspecified atom stereocenters. The molecule has 0 heterocycles. The van der Waals surface area contributed by atoms with Crippen LogP contribution in [0.15, 0.2) is 30.3 Å². The molecule has 19 heavy (non-hydrogen) atoms. The van der Waals surface area contributed by atoms with Crippen LogP contribution in [0.4, 0.5) is 18.9 Å². The van der Waals surface area contributed by atoms with E-state index in [1.54, 1.807) is 0 Å². The molecule has 0 fully saturated rings. The first-order valence-electron chi connectivity index (χ1n) is 5.15. The van der Waals surface area contributed by atoms with Crippen molar-refractivity contribution in [2.75, 3.05) is 5.73 Å². The molecule has 2 N–H and O–H groups in total. The van der Waals surface area contributed by atoms with E-state index in [4.69, 9.17) is 17.3 Å². The molecule has 2 nitrogen and oxygen atoms in total. The minimum absolute atomic E-state index is 0.0631. The van der Waals surface area contributed by atoms with Crippen LogP contribution in [0.25, 0.3) is 0 Å². The minimum atomic E-state index is -1.31. The summed E-state index contributed by atoms with van der Waals surface area (Å²) >= 11 is 5.61. The Bertz CT molecular complexity index is 673. The number of carbonyl (C=O) groups is 1. The van der Waals surface area contributed by atoms with E-state index in [0.29, 0.717) is 0 Å². The molecule has 98 valence electrons. The highest BCUT2D eigenvalue weighted by atomic mass is 35.5. The lowest BCUT2D eigenvalue weighted by molar-refractivity contribution is 0.103. The number of carbonyl (C=O) groups excluding carboxylic acids is 1. The minimum Gasteiger partial charge on any atom is -0.396 e. The Kier molecular flexibility index (Phi) is 3.48. The van der Waals surface area contributed by atoms with Gasteiger partial charge in [-0.05, 0) is 24.3 Å². The van der Waals surface area contributed by atoms with Gasteiger partial charge >= 0.3 is 0 Å². The van der Waals surface area contributed by atoms with Crippen LogP contribution >= 0.6 is 11.6 Å². The largest absolute Gasteiger partial charge is 0.396 e. The third-order valence-corrected chi connectivity index (χ3v) is 2.75. The van der Waals surface area contributed by atoms with Crippen LogP contribution in [-0.4, -0.2) is 5.78 Å². The molecular formula is C13H7ClF3NO. The van der Waals surface area contributed by atoms with E-state index in [1.807, 2.05) is 0 Å². The third-order valence-electron chi connectivity index (χ3n) is 2.54. The predicted octanol–water partition coefficient (Wildman–Crippen LogP) is 3.57. The molecule has 0 aromatic heterocycles. The van der Waals surface area contributed by atoms with Gasteiger partial charge in [-0.2, -0.15) is 0 Å². The molecule has 2 aromatic rings. The van der Waals surface area contributed by atoms with Crippen LogP contribution in [-0.2, 0) is 0 Å². The first-order chi connectivity index (χ1) is 8.91. The Morgan fingerprint density at radius 2 is 1.74 bits per heavy atom. The van der Waals surface area contributed by atoms with Gasteiger partial charge in [0.15, 0.2) is 17.4 Å². The fourth-order valence-electron chi connectivity index (χ4n) is 1.60. The maximum atomic E-state index is 13.5. The molecule has 0 amide bonds. The molecular weight excluding hydrogens is 279 g/mol. The van der Waals surface area contributed by atoms with Gasteiger partial charge in [-0.25, -0.2) is 13.2 Å². The lowest BCUT2D eigenvalue weighted by Crippen LogP contribution is -2.10. The third kappa shape index (κ3) is 2.42. The number of hydrogen-bond acceptors (Lipinski definition) is 2. The van der Waals surface area contributed by atoms with Gasteiger partial charge in [0, 0.05) is 5.02 Å². The Balaban J connectivity index is 2.60. The number of halogens is 4. The van der Waals surface area contributed by atoms with Crippen molar-refractivity contribution in [3.8, 4) is 0 Å². The number of nitrogen functional groups attached to an aromatic ring is 1. The molecule has 2 rings (SSSR count). The van der Waals surface area contributed by atoms with Gasteiger partial charge in [-0.1, -0.05) is 17.7 Å². The van der Waals surface area contributed by atoms with Crippen molar-refractivity contribution >= 4 is 23.1 Å². The topological polar surface area (TPSA) is 43.1 Å². The molecule has 0 atom stereocenters. The summed E-state index contributed by atoms with van der Waals surface area (Å²) in [5.41, 5.74) is 4.10. The molecule has 0 saturated carbocycles. The highest BCUT2D eigenvalue weighted by Gasteiger charge is 2.21. The number of nitrogens with two attached hydrogens (primary N) is 1. The van der Waals surface area contributed by atoms with Crippen LogP contribution in [0, 0.1) is 17.5 Å². The van der Waals surface area contributed by atoms with Crippen molar-refractivity contribution in [1.82, 2.24) is 0 Å². The van der Waals surface area contributed by atoms with E-state index in [1.165, 1.54) is 6.07 Å². The van der Waals surface area contributed by atoms with E-state index < -0.39 is 34.5 Å². The average Bonchev–Trinajstić information content (AvgIpc) is 2.36. The summed E-state index contributed by atoms with van der Waals surface area (Å²) < 4.78 is 39.9. The van der Waals surface area contributed by atoms with Gasteiger partial charge in [0.25, 0.3) is 0 Å². The maximum Gasteiger partial charge on any atom is 0.198 e. The SMILES string of the molecule is Nc1c(F)cc(Cl)cc1C(=O)c1cccc(F)c1F. The van der Waals surface area contributed by atoms with Gasteiger partial charge < -0.3 is 5.73 Å².